The van der Waals surface area contributed by atoms with E-state index in [0.29, 0.717) is 24.8 Å². The molecular weight excluding hydrogens is 500 g/mol. The third-order valence-electron chi connectivity index (χ3n) is 5.83. The number of hydrogen-bond donors (Lipinski definition) is 1. The van der Waals surface area contributed by atoms with Gasteiger partial charge in [0, 0.05) is 26.2 Å². The van der Waals surface area contributed by atoms with E-state index in [0.717, 1.165) is 17.7 Å². The highest BCUT2D eigenvalue weighted by molar-refractivity contribution is 5.85. The van der Waals surface area contributed by atoms with Crippen LogP contribution in [0.25, 0.3) is 11.2 Å². The summed E-state index contributed by atoms with van der Waals surface area (Å²) in [6, 6.07) is 9.14. The third kappa shape index (κ3) is 6.15. The number of para-hydroxylation sites is 1. The number of esters is 1. The van der Waals surface area contributed by atoms with Crippen LogP contribution in [0.1, 0.15) is 13.8 Å². The molecule has 1 saturated heterocycles. The molecule has 0 spiro atoms. The monoisotopic (exact) mass is 530 g/mol. The third-order valence-corrected chi connectivity index (χ3v) is 5.83. The number of benzene rings is 1. The van der Waals surface area contributed by atoms with E-state index in [2.05, 4.69) is 22.1 Å². The molecule has 1 aliphatic heterocycles. The van der Waals surface area contributed by atoms with E-state index in [1.54, 1.807) is 30.5 Å². The first-order chi connectivity index (χ1) is 17.5. The van der Waals surface area contributed by atoms with Crippen LogP contribution >= 0.6 is 12.4 Å². The van der Waals surface area contributed by atoms with Crippen molar-refractivity contribution in [3.63, 3.8) is 0 Å². The molecule has 3 heterocycles. The number of piperazine rings is 1. The first-order valence-corrected chi connectivity index (χ1v) is 12.0. The Kier molecular flexibility index (Phi) is 9.77. The van der Waals surface area contributed by atoms with Crippen molar-refractivity contribution in [3.05, 3.63) is 51.2 Å². The highest BCUT2D eigenvalue weighted by Gasteiger charge is 2.26. The summed E-state index contributed by atoms with van der Waals surface area (Å²) in [5.41, 5.74) is -0.784. The Morgan fingerprint density at radius 1 is 1.11 bits per heavy atom. The van der Waals surface area contributed by atoms with E-state index in [-0.39, 0.29) is 56.4 Å². The van der Waals surface area contributed by atoms with E-state index in [4.69, 9.17) is 14.5 Å². The molecule has 12 heteroatoms. The highest BCUT2D eigenvalue weighted by atomic mass is 35.5. The highest BCUT2D eigenvalue weighted by Crippen LogP contribution is 2.20. The molecule has 1 aliphatic rings. The maximum Gasteiger partial charge on any atom is 0.333 e. The molecule has 0 atom stereocenters. The summed E-state index contributed by atoms with van der Waals surface area (Å²) in [7, 11) is 0. The predicted molar refractivity (Wildman–Crippen MR) is 143 cm³/mol. The van der Waals surface area contributed by atoms with Gasteiger partial charge in [0.25, 0.3) is 5.56 Å². The lowest BCUT2D eigenvalue weighted by Crippen LogP contribution is -2.44. The molecule has 0 bridgehead atoms. The van der Waals surface area contributed by atoms with Gasteiger partial charge in [-0.05, 0) is 26.0 Å². The van der Waals surface area contributed by atoms with Crippen LogP contribution in [0.4, 0.5) is 5.95 Å². The minimum Gasteiger partial charge on any atom is -0.492 e. The fraction of sp³-hybridized carbons (Fsp3) is 0.440. The number of anilines is 1. The molecule has 0 aliphatic carbocycles. The normalized spacial score (nSPS) is 13.0. The number of aromatic nitrogens is 4. The van der Waals surface area contributed by atoms with Crippen molar-refractivity contribution < 1.29 is 14.3 Å². The van der Waals surface area contributed by atoms with Gasteiger partial charge < -0.3 is 19.7 Å². The number of nitrogens with zero attached hydrogens (tertiary/aromatic N) is 5. The van der Waals surface area contributed by atoms with Gasteiger partial charge in [0.15, 0.2) is 11.2 Å². The first kappa shape index (κ1) is 27.8. The number of carbonyl (C=O) groups excluding carboxylic acids is 1. The Morgan fingerprint density at radius 2 is 1.84 bits per heavy atom. The van der Waals surface area contributed by atoms with E-state index < -0.39 is 17.2 Å². The lowest BCUT2D eigenvalue weighted by Gasteiger charge is -2.28. The smallest absolute Gasteiger partial charge is 0.333 e. The molecule has 0 radical (unpaired) electrons. The average molecular weight is 531 g/mol. The molecule has 1 N–H and O–H groups in total. The SMILES string of the molecule is CC#CCn1c(N2CCNCC2)nc2c1c(=O)n(CCOc1ccccc1)c(=O)n2CC(=O)OCC.Cl. The van der Waals surface area contributed by atoms with E-state index in [1.165, 1.54) is 4.57 Å². The van der Waals surface area contributed by atoms with Crippen molar-refractivity contribution in [1.82, 2.24) is 24.0 Å². The minimum absolute atomic E-state index is 0. The van der Waals surface area contributed by atoms with Gasteiger partial charge in [0.05, 0.1) is 19.7 Å². The van der Waals surface area contributed by atoms with E-state index in [9.17, 15) is 14.4 Å². The van der Waals surface area contributed by atoms with Gasteiger partial charge in [0.1, 0.15) is 18.9 Å². The zero-order chi connectivity index (χ0) is 25.5. The van der Waals surface area contributed by atoms with Crippen LogP contribution in [0.2, 0.25) is 0 Å². The van der Waals surface area contributed by atoms with Gasteiger partial charge >= 0.3 is 11.7 Å². The Bertz CT molecular complexity index is 1400. The summed E-state index contributed by atoms with van der Waals surface area (Å²) in [4.78, 5) is 46.3. The lowest BCUT2D eigenvalue weighted by atomic mass is 10.3. The first-order valence-electron chi connectivity index (χ1n) is 12.0. The molecule has 3 aromatic rings. The zero-order valence-electron chi connectivity index (χ0n) is 20.9. The molecule has 0 unspecified atom stereocenters. The predicted octanol–water partition coefficient (Wildman–Crippen LogP) is 0.857. The Labute approximate surface area is 220 Å². The summed E-state index contributed by atoms with van der Waals surface area (Å²) in [6.07, 6.45) is 0. The van der Waals surface area contributed by atoms with Gasteiger partial charge in [-0.3, -0.25) is 23.3 Å². The number of nitrogens with one attached hydrogen (secondary N) is 1. The van der Waals surface area contributed by atoms with Crippen molar-refractivity contribution in [3.8, 4) is 17.6 Å². The fourth-order valence-corrected chi connectivity index (χ4v) is 4.14. The van der Waals surface area contributed by atoms with Crippen molar-refractivity contribution in [1.29, 1.82) is 0 Å². The van der Waals surface area contributed by atoms with Crippen molar-refractivity contribution in [2.45, 2.75) is 33.5 Å². The zero-order valence-corrected chi connectivity index (χ0v) is 21.8. The fourth-order valence-electron chi connectivity index (χ4n) is 4.14. The van der Waals surface area contributed by atoms with Gasteiger partial charge in [0.2, 0.25) is 5.95 Å². The summed E-state index contributed by atoms with van der Waals surface area (Å²) in [5, 5.41) is 3.30. The molecule has 1 aromatic carbocycles. The summed E-state index contributed by atoms with van der Waals surface area (Å²) in [5.74, 6) is 6.45. The Morgan fingerprint density at radius 3 is 2.51 bits per heavy atom. The largest absolute Gasteiger partial charge is 0.492 e. The van der Waals surface area contributed by atoms with Crippen LogP contribution < -0.4 is 26.2 Å². The molecule has 2 aromatic heterocycles. The van der Waals surface area contributed by atoms with Gasteiger partial charge in [-0.1, -0.05) is 24.1 Å². The second-order valence-electron chi connectivity index (χ2n) is 8.13. The Hall–Kier alpha value is -3.75. The molecular formula is C25H31ClN6O5. The van der Waals surface area contributed by atoms with Crippen LogP contribution in [0, 0.1) is 11.8 Å². The molecule has 37 heavy (non-hydrogen) atoms. The number of imidazole rings is 1. The number of halogens is 1. The summed E-state index contributed by atoms with van der Waals surface area (Å²) >= 11 is 0. The maximum absolute atomic E-state index is 13.7. The summed E-state index contributed by atoms with van der Waals surface area (Å²) in [6.45, 7) is 6.44. The molecule has 4 rings (SSSR count). The molecule has 198 valence electrons. The Balaban J connectivity index is 0.00000380. The van der Waals surface area contributed by atoms with Crippen molar-refractivity contribution in [2.75, 3.05) is 44.3 Å². The number of ether oxygens (including phenoxy) is 2. The topological polar surface area (TPSA) is 113 Å². The number of rotatable bonds is 9. The van der Waals surface area contributed by atoms with E-state index in [1.807, 2.05) is 18.2 Å². The van der Waals surface area contributed by atoms with Crippen LogP contribution in [-0.2, 0) is 29.2 Å². The lowest BCUT2D eigenvalue weighted by molar-refractivity contribution is -0.143. The van der Waals surface area contributed by atoms with Crippen LogP contribution in [0.15, 0.2) is 39.9 Å². The minimum atomic E-state index is -0.643. The van der Waals surface area contributed by atoms with Crippen LogP contribution in [0.3, 0.4) is 0 Å². The maximum atomic E-state index is 13.7. The summed E-state index contributed by atoms with van der Waals surface area (Å²) < 4.78 is 14.8. The van der Waals surface area contributed by atoms with Crippen LogP contribution in [-0.4, -0.2) is 64.0 Å². The second kappa shape index (κ2) is 13.0. The van der Waals surface area contributed by atoms with Gasteiger partial charge in [-0.15, -0.1) is 18.3 Å². The number of fused-ring (bicyclic) bond motifs is 1. The standard InChI is InChI=1S/C25H30N6O5.ClH/c1-3-5-13-29-21-22(27-24(29)28-14-11-26-12-15-28)31(18-20(32)35-4-2)25(34)30(23(21)33)16-17-36-19-9-7-6-8-10-19;/h6-10,26H,4,11-18H2,1-2H3;1H. The number of hydrogen-bond acceptors (Lipinski definition) is 8. The molecule has 0 amide bonds. The van der Waals surface area contributed by atoms with Gasteiger partial charge in [-0.2, -0.15) is 4.98 Å². The second-order valence-corrected chi connectivity index (χ2v) is 8.13. The van der Waals surface area contributed by atoms with Crippen molar-refractivity contribution in [2.24, 2.45) is 0 Å². The molecule has 11 nitrogen and oxygen atoms in total. The van der Waals surface area contributed by atoms with Crippen LogP contribution in [0.5, 0.6) is 5.75 Å². The average Bonchev–Trinajstić information content (AvgIpc) is 3.28. The quantitative estimate of drug-likeness (QED) is 0.320. The van der Waals surface area contributed by atoms with Crippen molar-refractivity contribution >= 4 is 35.5 Å². The molecule has 1 fully saturated rings. The molecule has 0 saturated carbocycles. The van der Waals surface area contributed by atoms with E-state index >= 15 is 0 Å². The number of carbonyl (C=O) groups is 1. The van der Waals surface area contributed by atoms with Gasteiger partial charge in [-0.25, -0.2) is 4.79 Å².